The molecule has 0 aliphatic carbocycles. The number of rotatable bonds is 3. The molecule has 0 unspecified atom stereocenters. The second-order valence-corrected chi connectivity index (χ2v) is 5.07. The zero-order chi connectivity index (χ0) is 13.4. The summed E-state index contributed by atoms with van der Waals surface area (Å²) in [5, 5.41) is 15.2. The van der Waals surface area contributed by atoms with E-state index in [4.69, 9.17) is 5.14 Å². The molecule has 0 bridgehead atoms. The number of primary sulfonamides is 1. The van der Waals surface area contributed by atoms with Crippen LogP contribution in [0.1, 0.15) is 12.0 Å². The minimum absolute atomic E-state index is 0.426. The molecule has 1 heterocycles. The zero-order valence-electron chi connectivity index (χ0n) is 7.80. The van der Waals surface area contributed by atoms with Gasteiger partial charge < -0.3 is 10.1 Å². The average Bonchev–Trinajstić information content (AvgIpc) is 2.14. The third-order valence-corrected chi connectivity index (χ3v) is 3.46. The topological polar surface area (TPSA) is 116 Å². The second-order valence-electron chi connectivity index (χ2n) is 2.79. The molecule has 1 aromatic heterocycles. The Balaban J connectivity index is 3.63. The maximum absolute atomic E-state index is 12.5. The van der Waals surface area contributed by atoms with Crippen LogP contribution in [-0.2, 0) is 10.0 Å². The van der Waals surface area contributed by atoms with Gasteiger partial charge in [0.2, 0.25) is 14.6 Å². The van der Waals surface area contributed by atoms with Gasteiger partial charge in [0, 0.05) is 15.9 Å². The summed E-state index contributed by atoms with van der Waals surface area (Å²) in [6.07, 6.45) is -3.24. The molecule has 2 N–H and O–H groups in total. The van der Waals surface area contributed by atoms with Gasteiger partial charge in [0.05, 0.1) is 0 Å². The Morgan fingerprint density at radius 1 is 1.53 bits per heavy atom. The molecule has 1 rings (SSSR count). The normalized spacial score (nSPS) is 11.8. The Labute approximate surface area is 102 Å². The van der Waals surface area contributed by atoms with Crippen molar-refractivity contribution in [2.24, 2.45) is 5.14 Å². The van der Waals surface area contributed by atoms with Crippen LogP contribution in [0.4, 0.5) is 14.6 Å². The van der Waals surface area contributed by atoms with Gasteiger partial charge in [-0.2, -0.15) is 0 Å². The number of nitrogens with zero attached hydrogens (tertiary/aromatic N) is 2. The van der Waals surface area contributed by atoms with Crippen molar-refractivity contribution in [1.82, 2.24) is 4.98 Å². The molecule has 0 spiro atoms. The molecule has 17 heavy (non-hydrogen) atoms. The Morgan fingerprint density at radius 3 is 2.41 bits per heavy atom. The highest BCUT2D eigenvalue weighted by Gasteiger charge is 2.29. The summed E-state index contributed by atoms with van der Waals surface area (Å²) in [6.45, 7) is 0. The van der Waals surface area contributed by atoms with E-state index in [0.717, 1.165) is 0 Å². The van der Waals surface area contributed by atoms with Crippen LogP contribution in [0.25, 0.3) is 0 Å². The van der Waals surface area contributed by atoms with Gasteiger partial charge in [-0.15, -0.1) is 0 Å². The van der Waals surface area contributed by atoms with Crippen LogP contribution in [0.3, 0.4) is 0 Å². The van der Waals surface area contributed by atoms with Gasteiger partial charge in [-0.1, -0.05) is 0 Å². The predicted molar refractivity (Wildman–Crippen MR) is 54.9 cm³/mol. The molecule has 11 heteroatoms. The van der Waals surface area contributed by atoms with Crippen LogP contribution in [0.15, 0.2) is 15.6 Å². The van der Waals surface area contributed by atoms with Gasteiger partial charge in [-0.3, -0.25) is 0 Å². The van der Waals surface area contributed by atoms with Crippen LogP contribution in [0.5, 0.6) is 0 Å². The third kappa shape index (κ3) is 2.92. The van der Waals surface area contributed by atoms with E-state index in [-0.39, 0.29) is 0 Å². The minimum atomic E-state index is -4.30. The van der Waals surface area contributed by atoms with E-state index in [1.807, 2.05) is 0 Å². The lowest BCUT2D eigenvalue weighted by atomic mass is 10.2. The molecule has 0 atom stereocenters. The smallest absolute Gasteiger partial charge is 0.358 e. The Kier molecular flexibility index (Phi) is 3.74. The van der Waals surface area contributed by atoms with Gasteiger partial charge in [0.1, 0.15) is 10.5 Å². The molecule has 0 saturated heterocycles. The third-order valence-electron chi connectivity index (χ3n) is 1.67. The number of halogens is 3. The molecule has 0 aliphatic heterocycles. The molecule has 0 saturated carbocycles. The molecular formula is C6H4BrF2N3O4S. The van der Waals surface area contributed by atoms with E-state index in [1.165, 1.54) is 0 Å². The van der Waals surface area contributed by atoms with Crippen LogP contribution in [-0.4, -0.2) is 18.3 Å². The van der Waals surface area contributed by atoms with E-state index in [9.17, 15) is 27.3 Å². The molecule has 7 nitrogen and oxygen atoms in total. The number of nitrogens with two attached hydrogens (primary N) is 1. The lowest BCUT2D eigenvalue weighted by Gasteiger charge is -2.04. The van der Waals surface area contributed by atoms with Crippen LogP contribution in [0, 0.1) is 10.1 Å². The van der Waals surface area contributed by atoms with E-state index < -0.39 is 42.3 Å². The average molecular weight is 332 g/mol. The number of pyridine rings is 1. The minimum Gasteiger partial charge on any atom is -0.358 e. The molecule has 0 aliphatic rings. The first-order valence-electron chi connectivity index (χ1n) is 3.80. The summed E-state index contributed by atoms with van der Waals surface area (Å²) in [6, 6.07) is 0.426. The van der Waals surface area contributed by atoms with Gasteiger partial charge in [-0.25, -0.2) is 22.3 Å². The predicted octanol–water partition coefficient (Wildman–Crippen LogP) is 1.34. The van der Waals surface area contributed by atoms with Crippen molar-refractivity contribution in [3.8, 4) is 0 Å². The summed E-state index contributed by atoms with van der Waals surface area (Å²) in [7, 11) is -4.30. The fraction of sp³-hybridized carbons (Fsp3) is 0.167. The summed E-state index contributed by atoms with van der Waals surface area (Å²) in [5.41, 5.74) is -1.11. The van der Waals surface area contributed by atoms with Gasteiger partial charge in [0.15, 0.2) is 0 Å². The van der Waals surface area contributed by atoms with Crippen molar-refractivity contribution in [3.05, 3.63) is 26.3 Å². The Morgan fingerprint density at radius 2 is 2.06 bits per heavy atom. The van der Waals surface area contributed by atoms with E-state index in [0.29, 0.717) is 6.07 Å². The van der Waals surface area contributed by atoms with Crippen molar-refractivity contribution >= 4 is 31.8 Å². The fourth-order valence-electron chi connectivity index (χ4n) is 0.984. The van der Waals surface area contributed by atoms with Crippen LogP contribution >= 0.6 is 15.9 Å². The van der Waals surface area contributed by atoms with Crippen molar-refractivity contribution in [3.63, 3.8) is 0 Å². The van der Waals surface area contributed by atoms with E-state index in [2.05, 4.69) is 20.9 Å². The quantitative estimate of drug-likeness (QED) is 0.509. The molecule has 0 radical (unpaired) electrons. The molecule has 94 valence electrons. The van der Waals surface area contributed by atoms with E-state index in [1.54, 1.807) is 0 Å². The lowest BCUT2D eigenvalue weighted by molar-refractivity contribution is -0.391. The number of nitro groups is 1. The van der Waals surface area contributed by atoms with Gasteiger partial charge >= 0.3 is 5.82 Å². The number of hydrogen-bond donors (Lipinski definition) is 1. The summed E-state index contributed by atoms with van der Waals surface area (Å²) in [5.74, 6) is -1.13. The Hall–Kier alpha value is -1.20. The number of alkyl halides is 2. The molecule has 0 aromatic carbocycles. The number of hydrogen-bond acceptors (Lipinski definition) is 5. The first-order valence-corrected chi connectivity index (χ1v) is 6.14. The highest BCUT2D eigenvalue weighted by Crippen LogP contribution is 2.32. The lowest BCUT2D eigenvalue weighted by Crippen LogP contribution is -2.15. The number of sulfonamides is 1. The second kappa shape index (κ2) is 4.58. The summed E-state index contributed by atoms with van der Waals surface area (Å²) >= 11 is 2.61. The van der Waals surface area contributed by atoms with Crippen molar-refractivity contribution in [2.75, 3.05) is 0 Å². The first-order chi connectivity index (χ1) is 7.64. The van der Waals surface area contributed by atoms with Crippen LogP contribution < -0.4 is 5.14 Å². The zero-order valence-corrected chi connectivity index (χ0v) is 10.2. The maximum Gasteiger partial charge on any atom is 0.373 e. The Bertz CT molecular complexity index is 577. The van der Waals surface area contributed by atoms with E-state index >= 15 is 0 Å². The van der Waals surface area contributed by atoms with Crippen LogP contribution in [0.2, 0.25) is 0 Å². The van der Waals surface area contributed by atoms with Crippen molar-refractivity contribution in [2.45, 2.75) is 11.3 Å². The highest BCUT2D eigenvalue weighted by molar-refractivity contribution is 9.10. The highest BCUT2D eigenvalue weighted by atomic mass is 79.9. The SMILES string of the molecule is NS(=O)(=O)c1cc(C(F)F)c([N+](=O)[O-])nc1Br. The molecule has 0 amide bonds. The molecule has 1 aromatic rings. The van der Waals surface area contributed by atoms with Gasteiger partial charge in [0.25, 0.3) is 6.43 Å². The monoisotopic (exact) mass is 331 g/mol. The summed E-state index contributed by atoms with van der Waals surface area (Å²) in [4.78, 5) is 11.7. The van der Waals surface area contributed by atoms with Crippen molar-refractivity contribution in [1.29, 1.82) is 0 Å². The van der Waals surface area contributed by atoms with Crippen molar-refractivity contribution < 1.29 is 22.1 Å². The molecular weight excluding hydrogens is 328 g/mol. The van der Waals surface area contributed by atoms with Gasteiger partial charge in [-0.05, 0) is 16.0 Å². The number of aromatic nitrogens is 1. The standard InChI is InChI=1S/C6H4BrF2N3O4S/c7-4-3(17(10,15)16)1-2(5(8)9)6(11-4)12(13)14/h1,5H,(H2,10,15,16). The first kappa shape index (κ1) is 13.9. The maximum atomic E-state index is 12.5. The fourth-order valence-corrected chi connectivity index (χ4v) is 2.52. The largest absolute Gasteiger partial charge is 0.373 e. The summed E-state index contributed by atoms with van der Waals surface area (Å²) < 4.78 is 46.5. The molecule has 0 fully saturated rings.